The number of carbonyl (C=O) groups is 1. The second kappa shape index (κ2) is 8.89. The van der Waals surface area contributed by atoms with Gasteiger partial charge in [0, 0.05) is 16.6 Å². The zero-order chi connectivity index (χ0) is 21.9. The SMILES string of the molecule is Cc1c(-c2nnc(-c3ccccc3)o2)sc2ncnc(SCC(=O)Nc3ccccc3)c12. The van der Waals surface area contributed by atoms with E-state index in [-0.39, 0.29) is 11.7 Å². The van der Waals surface area contributed by atoms with Gasteiger partial charge in [0.25, 0.3) is 5.89 Å². The van der Waals surface area contributed by atoms with Gasteiger partial charge in [-0.25, -0.2) is 9.97 Å². The smallest absolute Gasteiger partial charge is 0.258 e. The summed E-state index contributed by atoms with van der Waals surface area (Å²) in [4.78, 5) is 22.9. The molecule has 0 aliphatic rings. The van der Waals surface area contributed by atoms with Crippen LogP contribution >= 0.6 is 23.1 Å². The van der Waals surface area contributed by atoms with Crippen molar-refractivity contribution in [3.8, 4) is 22.2 Å². The molecule has 7 nitrogen and oxygen atoms in total. The van der Waals surface area contributed by atoms with E-state index in [4.69, 9.17) is 4.42 Å². The van der Waals surface area contributed by atoms with Crippen LogP contribution in [0.25, 0.3) is 32.4 Å². The van der Waals surface area contributed by atoms with Crippen LogP contribution in [0, 0.1) is 6.92 Å². The summed E-state index contributed by atoms with van der Waals surface area (Å²) in [5, 5.41) is 13.0. The molecule has 5 rings (SSSR count). The molecular weight excluding hydrogens is 442 g/mol. The van der Waals surface area contributed by atoms with E-state index in [1.807, 2.05) is 67.6 Å². The zero-order valence-electron chi connectivity index (χ0n) is 17.0. The number of benzene rings is 2. The first-order valence-corrected chi connectivity index (χ1v) is 11.6. The number of aryl methyl sites for hydroxylation is 1. The Morgan fingerprint density at radius 1 is 1.00 bits per heavy atom. The lowest BCUT2D eigenvalue weighted by Gasteiger charge is -2.05. The normalized spacial score (nSPS) is 11.0. The van der Waals surface area contributed by atoms with E-state index in [0.29, 0.717) is 11.8 Å². The maximum absolute atomic E-state index is 12.4. The fourth-order valence-corrected chi connectivity index (χ4v) is 5.21. The molecule has 1 N–H and O–H groups in total. The molecule has 0 aliphatic heterocycles. The fraction of sp³-hybridized carbons (Fsp3) is 0.0870. The van der Waals surface area contributed by atoms with Crippen molar-refractivity contribution in [3.05, 3.63) is 72.6 Å². The van der Waals surface area contributed by atoms with E-state index in [1.54, 1.807) is 0 Å². The van der Waals surface area contributed by atoms with Crippen LogP contribution in [0.15, 0.2) is 76.4 Å². The molecule has 0 bridgehead atoms. The maximum atomic E-state index is 12.4. The molecule has 0 saturated carbocycles. The van der Waals surface area contributed by atoms with Crippen LogP contribution in [0.3, 0.4) is 0 Å². The third-order valence-electron chi connectivity index (χ3n) is 4.73. The Bertz CT molecular complexity index is 1380. The minimum Gasteiger partial charge on any atom is -0.415 e. The summed E-state index contributed by atoms with van der Waals surface area (Å²) < 4.78 is 5.94. The number of aromatic nitrogens is 4. The van der Waals surface area contributed by atoms with Gasteiger partial charge in [0.15, 0.2) is 0 Å². The summed E-state index contributed by atoms with van der Waals surface area (Å²) >= 11 is 2.85. The first kappa shape index (κ1) is 20.3. The van der Waals surface area contributed by atoms with Gasteiger partial charge in [0.05, 0.1) is 10.6 Å². The molecule has 0 aliphatic carbocycles. The topological polar surface area (TPSA) is 93.8 Å². The second-order valence-electron chi connectivity index (χ2n) is 6.90. The third-order valence-corrected chi connectivity index (χ3v) is 6.91. The molecule has 0 atom stereocenters. The van der Waals surface area contributed by atoms with Crippen molar-refractivity contribution in [3.63, 3.8) is 0 Å². The van der Waals surface area contributed by atoms with E-state index >= 15 is 0 Å². The molecule has 158 valence electrons. The van der Waals surface area contributed by atoms with E-state index in [2.05, 4.69) is 25.5 Å². The molecule has 0 radical (unpaired) electrons. The highest BCUT2D eigenvalue weighted by Gasteiger charge is 2.20. The monoisotopic (exact) mass is 459 g/mol. The minimum atomic E-state index is -0.0922. The number of hydrogen-bond acceptors (Lipinski definition) is 8. The largest absolute Gasteiger partial charge is 0.415 e. The summed E-state index contributed by atoms with van der Waals surface area (Å²) in [6.45, 7) is 1.98. The maximum Gasteiger partial charge on any atom is 0.258 e. The Kier molecular flexibility index (Phi) is 5.66. The Hall–Kier alpha value is -3.56. The molecule has 5 aromatic rings. The van der Waals surface area contributed by atoms with Crippen molar-refractivity contribution >= 4 is 44.9 Å². The van der Waals surface area contributed by atoms with Crippen LogP contribution in [0.4, 0.5) is 5.69 Å². The van der Waals surface area contributed by atoms with Crippen LogP contribution in [0.1, 0.15) is 5.56 Å². The van der Waals surface area contributed by atoms with Crippen LogP contribution < -0.4 is 5.32 Å². The van der Waals surface area contributed by atoms with Gasteiger partial charge in [-0.3, -0.25) is 4.79 Å². The summed E-state index contributed by atoms with van der Waals surface area (Å²) in [6.07, 6.45) is 1.52. The average molecular weight is 460 g/mol. The highest BCUT2D eigenvalue weighted by atomic mass is 32.2. The number of nitrogens with zero attached hydrogens (tertiary/aromatic N) is 4. The lowest BCUT2D eigenvalue weighted by molar-refractivity contribution is -0.113. The van der Waals surface area contributed by atoms with Crippen LogP contribution in [0.5, 0.6) is 0 Å². The van der Waals surface area contributed by atoms with Gasteiger partial charge in [-0.2, -0.15) is 0 Å². The molecule has 2 aromatic carbocycles. The Morgan fingerprint density at radius 3 is 2.50 bits per heavy atom. The molecule has 0 spiro atoms. The van der Waals surface area contributed by atoms with E-state index in [1.165, 1.54) is 29.4 Å². The lowest BCUT2D eigenvalue weighted by atomic mass is 10.2. The van der Waals surface area contributed by atoms with Gasteiger partial charge in [-0.1, -0.05) is 48.2 Å². The quantitative estimate of drug-likeness (QED) is 0.267. The van der Waals surface area contributed by atoms with Crippen LogP contribution in [-0.4, -0.2) is 31.8 Å². The van der Waals surface area contributed by atoms with Gasteiger partial charge >= 0.3 is 0 Å². The lowest BCUT2D eigenvalue weighted by Crippen LogP contribution is -2.14. The van der Waals surface area contributed by atoms with E-state index < -0.39 is 0 Å². The number of para-hydroxylation sites is 1. The molecule has 9 heteroatoms. The number of thioether (sulfide) groups is 1. The first-order valence-electron chi connectivity index (χ1n) is 9.80. The second-order valence-corrected chi connectivity index (χ2v) is 8.86. The Morgan fingerprint density at radius 2 is 1.72 bits per heavy atom. The number of hydrogen-bond donors (Lipinski definition) is 1. The van der Waals surface area contributed by atoms with Gasteiger partial charge in [0.1, 0.15) is 16.2 Å². The molecule has 1 amide bonds. The number of rotatable bonds is 6. The molecule has 3 aromatic heterocycles. The predicted octanol–water partition coefficient (Wildman–Crippen LogP) is 5.45. The molecule has 32 heavy (non-hydrogen) atoms. The third kappa shape index (κ3) is 4.12. The number of nitrogens with one attached hydrogen (secondary N) is 1. The van der Waals surface area contributed by atoms with Crippen molar-refractivity contribution < 1.29 is 9.21 Å². The summed E-state index contributed by atoms with van der Waals surface area (Å²) in [6, 6.07) is 19.0. The van der Waals surface area contributed by atoms with Crippen molar-refractivity contribution in [2.75, 3.05) is 11.1 Å². The molecule has 0 fully saturated rings. The Balaban J connectivity index is 1.39. The number of anilines is 1. The van der Waals surface area contributed by atoms with Gasteiger partial charge in [-0.15, -0.1) is 21.5 Å². The Labute approximate surface area is 191 Å². The van der Waals surface area contributed by atoms with E-state index in [0.717, 1.165) is 36.9 Å². The summed E-state index contributed by atoms with van der Waals surface area (Å²) in [5.74, 6) is 1.06. The fourth-order valence-electron chi connectivity index (χ4n) is 3.22. The molecule has 3 heterocycles. The zero-order valence-corrected chi connectivity index (χ0v) is 18.6. The standard InChI is InChI=1S/C23H17N5O2S2/c1-14-18-22(31-12-17(29)26-16-10-6-3-7-11-16)24-13-25-23(18)32-19(14)21-28-27-20(30-21)15-8-4-2-5-9-15/h2-11,13H,12H2,1H3,(H,26,29). The number of carbonyl (C=O) groups excluding carboxylic acids is 1. The molecular formula is C23H17N5O2S2. The van der Waals surface area contributed by atoms with Gasteiger partial charge in [-0.05, 0) is 36.8 Å². The van der Waals surface area contributed by atoms with E-state index in [9.17, 15) is 4.79 Å². The van der Waals surface area contributed by atoms with Crippen molar-refractivity contribution in [2.24, 2.45) is 0 Å². The average Bonchev–Trinajstić information content (AvgIpc) is 3.44. The van der Waals surface area contributed by atoms with Crippen molar-refractivity contribution in [2.45, 2.75) is 11.9 Å². The first-order chi connectivity index (χ1) is 15.7. The molecule has 0 unspecified atom stereocenters. The molecule has 0 saturated heterocycles. The highest BCUT2D eigenvalue weighted by molar-refractivity contribution is 8.00. The highest BCUT2D eigenvalue weighted by Crippen LogP contribution is 2.40. The minimum absolute atomic E-state index is 0.0922. The number of amides is 1. The van der Waals surface area contributed by atoms with Gasteiger partial charge < -0.3 is 9.73 Å². The van der Waals surface area contributed by atoms with Crippen LogP contribution in [0.2, 0.25) is 0 Å². The summed E-state index contributed by atoms with van der Waals surface area (Å²) in [7, 11) is 0. The summed E-state index contributed by atoms with van der Waals surface area (Å²) in [5.41, 5.74) is 2.59. The van der Waals surface area contributed by atoms with Gasteiger partial charge in [0.2, 0.25) is 11.8 Å². The van der Waals surface area contributed by atoms with Crippen LogP contribution in [-0.2, 0) is 4.79 Å². The van der Waals surface area contributed by atoms with Crippen molar-refractivity contribution in [1.82, 2.24) is 20.2 Å². The number of fused-ring (bicyclic) bond motifs is 1. The van der Waals surface area contributed by atoms with Crippen molar-refractivity contribution in [1.29, 1.82) is 0 Å². The number of thiophene rings is 1. The predicted molar refractivity (Wildman–Crippen MR) is 127 cm³/mol.